The molecule has 10 heteroatoms. The van der Waals surface area contributed by atoms with Gasteiger partial charge in [0.2, 0.25) is 10.0 Å². The van der Waals surface area contributed by atoms with Gasteiger partial charge in [-0.15, -0.1) is 10.2 Å². The van der Waals surface area contributed by atoms with Crippen molar-refractivity contribution >= 4 is 15.8 Å². The Hall–Kier alpha value is -2.98. The summed E-state index contributed by atoms with van der Waals surface area (Å²) in [6.07, 6.45) is 3.82. The second kappa shape index (κ2) is 10.2. The van der Waals surface area contributed by atoms with Crippen molar-refractivity contribution < 1.29 is 13.2 Å². The number of unbranched alkanes of at least 4 members (excludes halogenated alkanes) is 1. The first-order valence-corrected chi connectivity index (χ1v) is 11.3. The first-order chi connectivity index (χ1) is 14.5. The third-order valence-electron chi connectivity index (χ3n) is 4.23. The third-order valence-corrected chi connectivity index (χ3v) is 5.71. The van der Waals surface area contributed by atoms with Crippen LogP contribution in [0.1, 0.15) is 25.5 Å². The van der Waals surface area contributed by atoms with Crippen molar-refractivity contribution in [3.05, 3.63) is 54.4 Å². The molecule has 0 amide bonds. The van der Waals surface area contributed by atoms with Gasteiger partial charge in [-0.25, -0.2) is 17.8 Å². The summed E-state index contributed by atoms with van der Waals surface area (Å²) >= 11 is 0. The minimum atomic E-state index is -3.59. The highest BCUT2D eigenvalue weighted by atomic mass is 32.2. The molecule has 0 saturated heterocycles. The highest BCUT2D eigenvalue weighted by Crippen LogP contribution is 2.16. The van der Waals surface area contributed by atoms with Gasteiger partial charge in [-0.1, -0.05) is 13.3 Å². The smallest absolute Gasteiger partial charge is 0.240 e. The molecule has 9 nitrogen and oxygen atoms in total. The molecule has 0 radical (unpaired) electrons. The number of aryl methyl sites for hydroxylation is 1. The van der Waals surface area contributed by atoms with Crippen molar-refractivity contribution in [2.45, 2.75) is 31.6 Å². The Balaban J connectivity index is 1.46. The van der Waals surface area contributed by atoms with Crippen LogP contribution in [0.4, 0.5) is 5.82 Å². The van der Waals surface area contributed by atoms with Crippen LogP contribution in [0.25, 0.3) is 5.82 Å². The molecule has 0 bridgehead atoms. The molecule has 1 aromatic carbocycles. The molecule has 2 aromatic heterocycles. The predicted molar refractivity (Wildman–Crippen MR) is 114 cm³/mol. The molecule has 2 heterocycles. The van der Waals surface area contributed by atoms with Crippen LogP contribution in [0, 0.1) is 6.92 Å². The Kier molecular flexibility index (Phi) is 7.36. The zero-order valence-electron chi connectivity index (χ0n) is 17.1. The maximum absolute atomic E-state index is 12.4. The average molecular weight is 431 g/mol. The van der Waals surface area contributed by atoms with E-state index in [4.69, 9.17) is 4.74 Å². The van der Waals surface area contributed by atoms with Gasteiger partial charge < -0.3 is 10.1 Å². The lowest BCUT2D eigenvalue weighted by atomic mass is 10.3. The van der Waals surface area contributed by atoms with Crippen LogP contribution in [-0.2, 0) is 10.0 Å². The molecule has 3 aromatic rings. The van der Waals surface area contributed by atoms with Crippen LogP contribution in [0.15, 0.2) is 53.6 Å². The van der Waals surface area contributed by atoms with Gasteiger partial charge in [0.05, 0.1) is 17.2 Å². The minimum absolute atomic E-state index is 0.198. The highest BCUT2D eigenvalue weighted by Gasteiger charge is 2.13. The summed E-state index contributed by atoms with van der Waals surface area (Å²) in [6, 6.07) is 11.9. The summed E-state index contributed by atoms with van der Waals surface area (Å²) in [7, 11) is -3.59. The van der Waals surface area contributed by atoms with E-state index in [1.54, 1.807) is 28.9 Å². The monoisotopic (exact) mass is 430 g/mol. The van der Waals surface area contributed by atoms with E-state index >= 15 is 0 Å². The fraction of sp³-hybridized carbons (Fsp3) is 0.350. The molecule has 0 aliphatic carbocycles. The van der Waals surface area contributed by atoms with Crippen molar-refractivity contribution in [1.29, 1.82) is 0 Å². The molecule has 2 N–H and O–H groups in total. The second-order valence-corrected chi connectivity index (χ2v) is 8.44. The van der Waals surface area contributed by atoms with Crippen LogP contribution < -0.4 is 14.8 Å². The van der Waals surface area contributed by atoms with Crippen molar-refractivity contribution in [2.24, 2.45) is 0 Å². The molecule has 0 spiro atoms. The fourth-order valence-electron chi connectivity index (χ4n) is 2.59. The molecular formula is C20H26N6O3S. The molecule has 3 rings (SSSR count). The van der Waals surface area contributed by atoms with E-state index in [-0.39, 0.29) is 11.4 Å². The number of nitrogens with zero attached hydrogens (tertiary/aromatic N) is 4. The lowest BCUT2D eigenvalue weighted by Gasteiger charge is -2.10. The molecule has 160 valence electrons. The molecule has 0 unspecified atom stereocenters. The molecular weight excluding hydrogens is 404 g/mol. The van der Waals surface area contributed by atoms with Gasteiger partial charge >= 0.3 is 0 Å². The number of hydrogen-bond acceptors (Lipinski definition) is 7. The van der Waals surface area contributed by atoms with Gasteiger partial charge in [0, 0.05) is 19.3 Å². The van der Waals surface area contributed by atoms with E-state index in [0.29, 0.717) is 30.5 Å². The largest absolute Gasteiger partial charge is 0.494 e. The van der Waals surface area contributed by atoms with E-state index in [9.17, 15) is 8.42 Å². The quantitative estimate of drug-likeness (QED) is 0.450. The van der Waals surface area contributed by atoms with Crippen LogP contribution in [0.5, 0.6) is 5.75 Å². The normalized spacial score (nSPS) is 11.4. The van der Waals surface area contributed by atoms with E-state index < -0.39 is 10.0 Å². The number of nitrogens with one attached hydrogen (secondary N) is 2. The van der Waals surface area contributed by atoms with Gasteiger partial charge in [-0.05, 0) is 55.8 Å². The Morgan fingerprint density at radius 1 is 1.03 bits per heavy atom. The van der Waals surface area contributed by atoms with Crippen LogP contribution in [-0.4, -0.2) is 48.1 Å². The summed E-state index contributed by atoms with van der Waals surface area (Å²) in [6.45, 7) is 5.18. The number of rotatable bonds is 11. The SMILES string of the molecule is CCCCOc1ccc(S(=O)(=O)NCCNc2ccc(-n3ccc(C)n3)nn2)cc1. The van der Waals surface area contributed by atoms with E-state index in [0.717, 1.165) is 18.5 Å². The number of ether oxygens (including phenoxy) is 1. The number of benzene rings is 1. The molecule has 0 fully saturated rings. The van der Waals surface area contributed by atoms with Gasteiger partial charge in [0.1, 0.15) is 11.6 Å². The molecule has 30 heavy (non-hydrogen) atoms. The standard InChI is InChI=1S/C20H26N6O3S/c1-3-4-15-29-17-5-7-18(8-6-17)30(27,28)22-13-12-21-19-9-10-20(24-23-19)26-14-11-16(2)25-26/h5-11,14,22H,3-4,12-13,15H2,1-2H3,(H,21,23). The van der Waals surface area contributed by atoms with Crippen molar-refractivity contribution in [1.82, 2.24) is 24.7 Å². The Labute approximate surface area is 176 Å². The Morgan fingerprint density at radius 3 is 2.47 bits per heavy atom. The maximum atomic E-state index is 12.4. The highest BCUT2D eigenvalue weighted by molar-refractivity contribution is 7.89. The topological polar surface area (TPSA) is 111 Å². The average Bonchev–Trinajstić information content (AvgIpc) is 3.19. The van der Waals surface area contributed by atoms with E-state index in [1.165, 1.54) is 12.1 Å². The number of aromatic nitrogens is 4. The summed E-state index contributed by atoms with van der Waals surface area (Å²) in [5.74, 6) is 1.82. The zero-order chi connectivity index (χ0) is 21.4. The van der Waals surface area contributed by atoms with E-state index in [2.05, 4.69) is 32.3 Å². The van der Waals surface area contributed by atoms with Gasteiger partial charge in [0.15, 0.2) is 5.82 Å². The fourth-order valence-corrected chi connectivity index (χ4v) is 3.62. The van der Waals surface area contributed by atoms with E-state index in [1.807, 2.05) is 19.2 Å². The summed E-state index contributed by atoms with van der Waals surface area (Å²) in [5, 5.41) is 15.5. The second-order valence-electron chi connectivity index (χ2n) is 6.68. The lowest BCUT2D eigenvalue weighted by molar-refractivity contribution is 0.309. The van der Waals surface area contributed by atoms with Gasteiger partial charge in [0.25, 0.3) is 0 Å². The Bertz CT molecular complexity index is 1030. The summed E-state index contributed by atoms with van der Waals surface area (Å²) in [4.78, 5) is 0.198. The first-order valence-electron chi connectivity index (χ1n) is 9.81. The molecule has 0 aliphatic rings. The maximum Gasteiger partial charge on any atom is 0.240 e. The van der Waals surface area contributed by atoms with Gasteiger partial charge in [-0.2, -0.15) is 5.10 Å². The van der Waals surface area contributed by atoms with Crippen molar-refractivity contribution in [3.63, 3.8) is 0 Å². The molecule has 0 atom stereocenters. The summed E-state index contributed by atoms with van der Waals surface area (Å²) in [5.41, 5.74) is 0.893. The minimum Gasteiger partial charge on any atom is -0.494 e. The first kappa shape index (κ1) is 21.7. The van der Waals surface area contributed by atoms with Gasteiger partial charge in [-0.3, -0.25) is 0 Å². The zero-order valence-corrected chi connectivity index (χ0v) is 17.9. The van der Waals surface area contributed by atoms with Crippen LogP contribution in [0.3, 0.4) is 0 Å². The number of hydrogen-bond donors (Lipinski definition) is 2. The van der Waals surface area contributed by atoms with Crippen LogP contribution in [0.2, 0.25) is 0 Å². The summed E-state index contributed by atoms with van der Waals surface area (Å²) < 4.78 is 34.6. The lowest BCUT2D eigenvalue weighted by Crippen LogP contribution is -2.29. The Morgan fingerprint density at radius 2 is 1.83 bits per heavy atom. The number of anilines is 1. The third kappa shape index (κ3) is 6.01. The molecule has 0 aliphatic heterocycles. The molecule has 0 saturated carbocycles. The van der Waals surface area contributed by atoms with Crippen LogP contribution >= 0.6 is 0 Å². The number of sulfonamides is 1. The van der Waals surface area contributed by atoms with Crippen molar-refractivity contribution in [3.8, 4) is 11.6 Å². The predicted octanol–water partition coefficient (Wildman–Crippen LogP) is 2.54. The van der Waals surface area contributed by atoms with Crippen molar-refractivity contribution in [2.75, 3.05) is 25.0 Å².